The van der Waals surface area contributed by atoms with Crippen LogP contribution < -0.4 is 10.6 Å². The van der Waals surface area contributed by atoms with E-state index in [1.807, 2.05) is 49.5 Å². The molecule has 3 aromatic rings. The van der Waals surface area contributed by atoms with E-state index in [2.05, 4.69) is 35.1 Å². The molecular weight excluding hydrogens is 286 g/mol. The van der Waals surface area contributed by atoms with Gasteiger partial charge in [-0.1, -0.05) is 24.3 Å². The first-order chi connectivity index (χ1) is 11.1. The second-order valence-corrected chi connectivity index (χ2v) is 5.72. The minimum atomic E-state index is -0.229. The van der Waals surface area contributed by atoms with E-state index >= 15 is 0 Å². The lowest BCUT2D eigenvalue weighted by molar-refractivity contribution is 0.262. The molecule has 118 valence electrons. The first kappa shape index (κ1) is 15.2. The maximum absolute atomic E-state index is 12.3. The molecule has 0 atom stereocenters. The number of amides is 2. The summed E-state index contributed by atoms with van der Waals surface area (Å²) in [4.78, 5) is 12.3. The van der Waals surface area contributed by atoms with Crippen LogP contribution in [0.5, 0.6) is 0 Å². The fourth-order valence-corrected chi connectivity index (χ4v) is 2.71. The predicted octanol–water partition coefficient (Wildman–Crippen LogP) is 4.92. The van der Waals surface area contributed by atoms with Crippen molar-refractivity contribution in [2.75, 3.05) is 10.6 Å². The van der Waals surface area contributed by atoms with E-state index in [9.17, 15) is 4.79 Å². The summed E-state index contributed by atoms with van der Waals surface area (Å²) in [6.07, 6.45) is 1.98. The molecule has 0 saturated carbocycles. The molecule has 0 aliphatic heterocycles. The van der Waals surface area contributed by atoms with Gasteiger partial charge in [-0.25, -0.2) is 4.79 Å². The van der Waals surface area contributed by atoms with Crippen LogP contribution in [0.15, 0.2) is 48.7 Å². The number of benzene rings is 2. The molecule has 1 aromatic heterocycles. The highest BCUT2D eigenvalue weighted by molar-refractivity contribution is 6.06. The number of carbonyl (C=O) groups excluding carboxylic acids is 1. The number of aryl methyl sites for hydroxylation is 3. The number of para-hydroxylation sites is 1. The molecule has 0 bridgehead atoms. The summed E-state index contributed by atoms with van der Waals surface area (Å²) in [7, 11) is 0. The molecule has 0 aliphatic rings. The SMILES string of the molecule is CCn1cc(NC(=O)Nc2ccc(C)c(C)c2)c2ccccc21. The van der Waals surface area contributed by atoms with Crippen LogP contribution in [0, 0.1) is 13.8 Å². The third-order valence-corrected chi connectivity index (χ3v) is 4.14. The Morgan fingerprint density at radius 3 is 2.57 bits per heavy atom. The van der Waals surface area contributed by atoms with Crippen LogP contribution in [-0.2, 0) is 6.54 Å². The summed E-state index contributed by atoms with van der Waals surface area (Å²) in [6.45, 7) is 7.04. The molecule has 23 heavy (non-hydrogen) atoms. The maximum atomic E-state index is 12.3. The molecule has 2 amide bonds. The normalized spacial score (nSPS) is 10.7. The van der Waals surface area contributed by atoms with E-state index in [0.717, 1.165) is 34.4 Å². The highest BCUT2D eigenvalue weighted by atomic mass is 16.2. The summed E-state index contributed by atoms with van der Waals surface area (Å²) in [6, 6.07) is 13.7. The molecule has 2 aromatic carbocycles. The van der Waals surface area contributed by atoms with Gasteiger partial charge in [0.1, 0.15) is 0 Å². The standard InChI is InChI=1S/C19H21N3O/c1-4-22-12-17(16-7-5-6-8-18(16)22)21-19(23)20-15-10-9-13(2)14(3)11-15/h5-12H,4H2,1-3H3,(H2,20,21,23). The number of nitrogens with one attached hydrogen (secondary N) is 2. The number of urea groups is 1. The second-order valence-electron chi connectivity index (χ2n) is 5.72. The van der Waals surface area contributed by atoms with Crippen molar-refractivity contribution in [1.82, 2.24) is 4.57 Å². The quantitative estimate of drug-likeness (QED) is 0.708. The Balaban J connectivity index is 1.81. The van der Waals surface area contributed by atoms with Gasteiger partial charge >= 0.3 is 6.03 Å². The average molecular weight is 307 g/mol. The Morgan fingerprint density at radius 2 is 1.83 bits per heavy atom. The fraction of sp³-hybridized carbons (Fsp3) is 0.211. The van der Waals surface area contributed by atoms with E-state index in [-0.39, 0.29) is 6.03 Å². The van der Waals surface area contributed by atoms with Crippen molar-refractivity contribution in [2.24, 2.45) is 0 Å². The molecule has 4 nitrogen and oxygen atoms in total. The predicted molar refractivity (Wildman–Crippen MR) is 96.2 cm³/mol. The van der Waals surface area contributed by atoms with E-state index in [1.165, 1.54) is 5.56 Å². The zero-order valence-corrected chi connectivity index (χ0v) is 13.7. The number of fused-ring (bicyclic) bond motifs is 1. The molecule has 0 radical (unpaired) electrons. The lowest BCUT2D eigenvalue weighted by Gasteiger charge is -2.08. The van der Waals surface area contributed by atoms with Gasteiger partial charge in [0.05, 0.1) is 11.2 Å². The number of hydrogen-bond donors (Lipinski definition) is 2. The maximum Gasteiger partial charge on any atom is 0.323 e. The third kappa shape index (κ3) is 3.06. The summed E-state index contributed by atoms with van der Waals surface area (Å²) >= 11 is 0. The van der Waals surface area contributed by atoms with Gasteiger partial charge in [-0.3, -0.25) is 0 Å². The van der Waals surface area contributed by atoms with Gasteiger partial charge in [-0.05, 0) is 50.1 Å². The lowest BCUT2D eigenvalue weighted by Crippen LogP contribution is -2.19. The van der Waals surface area contributed by atoms with Crippen molar-refractivity contribution in [3.05, 3.63) is 59.8 Å². The van der Waals surface area contributed by atoms with Gasteiger partial charge in [-0.2, -0.15) is 0 Å². The van der Waals surface area contributed by atoms with Gasteiger partial charge in [0.15, 0.2) is 0 Å². The minimum absolute atomic E-state index is 0.229. The van der Waals surface area contributed by atoms with E-state index < -0.39 is 0 Å². The van der Waals surface area contributed by atoms with Crippen LogP contribution >= 0.6 is 0 Å². The minimum Gasteiger partial charge on any atom is -0.346 e. The Bertz CT molecular complexity index is 864. The van der Waals surface area contributed by atoms with Gasteiger partial charge < -0.3 is 15.2 Å². The summed E-state index contributed by atoms with van der Waals surface area (Å²) in [5.41, 5.74) is 5.11. The molecule has 0 fully saturated rings. The molecule has 0 saturated heterocycles. The van der Waals surface area contributed by atoms with Gasteiger partial charge in [0.2, 0.25) is 0 Å². The largest absolute Gasteiger partial charge is 0.346 e. The number of aromatic nitrogens is 1. The van der Waals surface area contributed by atoms with Crippen molar-refractivity contribution < 1.29 is 4.79 Å². The Hall–Kier alpha value is -2.75. The number of nitrogens with zero attached hydrogens (tertiary/aromatic N) is 1. The number of anilines is 2. The Kier molecular flexibility index (Phi) is 4.06. The second kappa shape index (κ2) is 6.16. The van der Waals surface area contributed by atoms with Gasteiger partial charge in [0, 0.05) is 23.8 Å². The third-order valence-electron chi connectivity index (χ3n) is 4.14. The van der Waals surface area contributed by atoms with Crippen LogP contribution in [0.25, 0.3) is 10.9 Å². The van der Waals surface area contributed by atoms with E-state index in [1.54, 1.807) is 0 Å². The Morgan fingerprint density at radius 1 is 1.04 bits per heavy atom. The summed E-state index contributed by atoms with van der Waals surface area (Å²) in [5, 5.41) is 6.89. The van der Waals surface area contributed by atoms with Crippen LogP contribution in [0.2, 0.25) is 0 Å². The monoisotopic (exact) mass is 307 g/mol. The van der Waals surface area contributed by atoms with Crippen molar-refractivity contribution in [1.29, 1.82) is 0 Å². The van der Waals surface area contributed by atoms with Crippen molar-refractivity contribution in [3.8, 4) is 0 Å². The summed E-state index contributed by atoms with van der Waals surface area (Å²) in [5.74, 6) is 0. The Labute approximate surface area is 136 Å². The zero-order chi connectivity index (χ0) is 16.4. The van der Waals surface area contributed by atoms with E-state index in [4.69, 9.17) is 0 Å². The molecule has 0 aliphatic carbocycles. The van der Waals surface area contributed by atoms with Crippen molar-refractivity contribution >= 4 is 28.3 Å². The van der Waals surface area contributed by atoms with Gasteiger partial charge in [0.25, 0.3) is 0 Å². The smallest absolute Gasteiger partial charge is 0.323 e. The molecule has 2 N–H and O–H groups in total. The summed E-state index contributed by atoms with van der Waals surface area (Å²) < 4.78 is 2.13. The lowest BCUT2D eigenvalue weighted by atomic mass is 10.1. The van der Waals surface area contributed by atoms with Gasteiger partial charge in [-0.15, -0.1) is 0 Å². The molecule has 0 unspecified atom stereocenters. The highest BCUT2D eigenvalue weighted by Gasteiger charge is 2.10. The van der Waals surface area contributed by atoms with Crippen LogP contribution in [0.3, 0.4) is 0 Å². The van der Waals surface area contributed by atoms with Crippen molar-refractivity contribution in [3.63, 3.8) is 0 Å². The number of carbonyl (C=O) groups is 1. The number of hydrogen-bond acceptors (Lipinski definition) is 1. The molecule has 4 heteroatoms. The molecule has 3 rings (SSSR count). The molecule has 1 heterocycles. The first-order valence-electron chi connectivity index (χ1n) is 7.81. The zero-order valence-electron chi connectivity index (χ0n) is 13.7. The molecular formula is C19H21N3O. The van der Waals surface area contributed by atoms with Crippen LogP contribution in [0.4, 0.5) is 16.2 Å². The highest BCUT2D eigenvalue weighted by Crippen LogP contribution is 2.26. The average Bonchev–Trinajstić information content (AvgIpc) is 2.89. The topological polar surface area (TPSA) is 46.1 Å². The van der Waals surface area contributed by atoms with E-state index in [0.29, 0.717) is 0 Å². The van der Waals surface area contributed by atoms with Crippen molar-refractivity contribution in [2.45, 2.75) is 27.3 Å². The van der Waals surface area contributed by atoms with Crippen LogP contribution in [-0.4, -0.2) is 10.6 Å². The fourth-order valence-electron chi connectivity index (χ4n) is 2.71. The first-order valence-corrected chi connectivity index (χ1v) is 7.81. The molecule has 0 spiro atoms. The number of rotatable bonds is 3. The van der Waals surface area contributed by atoms with Crippen LogP contribution in [0.1, 0.15) is 18.1 Å².